The maximum atomic E-state index is 10.9. The zero-order valence-electron chi connectivity index (χ0n) is 6.62. The summed E-state index contributed by atoms with van der Waals surface area (Å²) < 4.78 is 0. The number of carboxylic acid groups (broad SMARTS) is 1. The van der Waals surface area contributed by atoms with Crippen LogP contribution in [0.3, 0.4) is 0 Å². The van der Waals surface area contributed by atoms with Crippen LogP contribution in [0.5, 0.6) is 0 Å². The van der Waals surface area contributed by atoms with Gasteiger partial charge in [0.1, 0.15) is 0 Å². The second-order valence-electron chi connectivity index (χ2n) is 3.00. The second kappa shape index (κ2) is 3.53. The molecule has 0 aromatic heterocycles. The van der Waals surface area contributed by atoms with Crippen molar-refractivity contribution in [3.05, 3.63) is 0 Å². The summed E-state index contributed by atoms with van der Waals surface area (Å²) in [4.78, 5) is 21.1. The van der Waals surface area contributed by atoms with Crippen molar-refractivity contribution < 1.29 is 14.7 Å². The lowest BCUT2D eigenvalue weighted by atomic mass is 10.3. The topological polar surface area (TPSA) is 92.4 Å². The first kappa shape index (κ1) is 8.99. The number of nitrogens with one attached hydrogen (secondary N) is 1. The van der Waals surface area contributed by atoms with E-state index in [1.807, 2.05) is 0 Å². The van der Waals surface area contributed by atoms with Crippen LogP contribution in [0.4, 0.5) is 0 Å². The minimum absolute atomic E-state index is 0.537. The molecule has 0 aliphatic heterocycles. The molecule has 0 radical (unpaired) electrons. The van der Waals surface area contributed by atoms with Crippen molar-refractivity contribution in [2.45, 2.75) is 18.9 Å². The van der Waals surface area contributed by atoms with Crippen molar-refractivity contribution in [3.63, 3.8) is 0 Å². The average Bonchev–Trinajstić information content (AvgIpc) is 2.81. The van der Waals surface area contributed by atoms with Gasteiger partial charge in [0.2, 0.25) is 5.91 Å². The number of aliphatic carboxylic acids is 1. The molecule has 1 amide bonds. The van der Waals surface area contributed by atoms with E-state index in [2.05, 4.69) is 5.32 Å². The number of nitrogens with two attached hydrogens (primary N) is 1. The van der Waals surface area contributed by atoms with Gasteiger partial charge in [-0.25, -0.2) is 4.79 Å². The fraction of sp³-hybridized carbons (Fsp3) is 0.714. The molecule has 0 spiro atoms. The van der Waals surface area contributed by atoms with Crippen molar-refractivity contribution in [1.82, 2.24) is 5.32 Å². The van der Waals surface area contributed by atoms with E-state index in [4.69, 9.17) is 10.8 Å². The Balaban J connectivity index is 2.21. The minimum atomic E-state index is -1.43. The largest absolute Gasteiger partial charge is 0.480 e. The molecule has 1 atom stereocenters. The third-order valence-corrected chi connectivity index (χ3v) is 1.81. The van der Waals surface area contributed by atoms with Crippen LogP contribution in [0, 0.1) is 5.92 Å². The van der Waals surface area contributed by atoms with Gasteiger partial charge in [-0.05, 0) is 18.8 Å². The monoisotopic (exact) mass is 172 g/mol. The van der Waals surface area contributed by atoms with E-state index in [9.17, 15) is 9.59 Å². The average molecular weight is 172 g/mol. The van der Waals surface area contributed by atoms with E-state index in [1.54, 1.807) is 0 Å². The number of carbonyl (C=O) groups is 2. The molecule has 0 heterocycles. The highest BCUT2D eigenvalue weighted by molar-refractivity contribution is 6.00. The van der Waals surface area contributed by atoms with Gasteiger partial charge in [-0.15, -0.1) is 0 Å². The maximum absolute atomic E-state index is 10.9. The van der Waals surface area contributed by atoms with E-state index >= 15 is 0 Å². The first-order chi connectivity index (χ1) is 5.61. The van der Waals surface area contributed by atoms with Gasteiger partial charge in [-0.1, -0.05) is 0 Å². The number of carboxylic acids is 1. The molecular weight excluding hydrogens is 160 g/mol. The van der Waals surface area contributed by atoms with Gasteiger partial charge in [0.15, 0.2) is 6.04 Å². The van der Waals surface area contributed by atoms with Crippen LogP contribution < -0.4 is 11.1 Å². The van der Waals surface area contributed by atoms with E-state index in [1.165, 1.54) is 0 Å². The molecule has 1 aliphatic rings. The number of rotatable bonds is 4. The van der Waals surface area contributed by atoms with Crippen molar-refractivity contribution in [2.24, 2.45) is 11.7 Å². The first-order valence-electron chi connectivity index (χ1n) is 3.87. The molecule has 1 aliphatic carbocycles. The van der Waals surface area contributed by atoms with Gasteiger partial charge in [-0.2, -0.15) is 0 Å². The van der Waals surface area contributed by atoms with Crippen molar-refractivity contribution >= 4 is 11.9 Å². The fourth-order valence-corrected chi connectivity index (χ4v) is 0.789. The fourth-order valence-electron chi connectivity index (χ4n) is 0.789. The van der Waals surface area contributed by atoms with Crippen LogP contribution in [0.1, 0.15) is 12.8 Å². The maximum Gasteiger partial charge on any atom is 0.330 e. The van der Waals surface area contributed by atoms with Crippen LogP contribution in [0.2, 0.25) is 0 Å². The van der Waals surface area contributed by atoms with Gasteiger partial charge in [0.25, 0.3) is 0 Å². The molecule has 68 valence electrons. The Kier molecular flexibility index (Phi) is 2.65. The molecule has 12 heavy (non-hydrogen) atoms. The van der Waals surface area contributed by atoms with Crippen LogP contribution in [-0.2, 0) is 9.59 Å². The Bertz CT molecular complexity index is 201. The normalized spacial score (nSPS) is 18.4. The van der Waals surface area contributed by atoms with Crippen LogP contribution in [0.15, 0.2) is 0 Å². The molecule has 0 unspecified atom stereocenters. The molecule has 1 saturated carbocycles. The zero-order valence-corrected chi connectivity index (χ0v) is 6.62. The van der Waals surface area contributed by atoms with E-state index in [0.717, 1.165) is 12.8 Å². The predicted molar refractivity (Wildman–Crippen MR) is 41.3 cm³/mol. The summed E-state index contributed by atoms with van der Waals surface area (Å²) in [7, 11) is 0. The summed E-state index contributed by atoms with van der Waals surface area (Å²) in [6.45, 7) is 0.555. The highest BCUT2D eigenvalue weighted by Gasteiger charge is 2.25. The molecule has 5 heteroatoms. The van der Waals surface area contributed by atoms with E-state index in [0.29, 0.717) is 12.5 Å². The highest BCUT2D eigenvalue weighted by Crippen LogP contribution is 2.27. The molecule has 0 bridgehead atoms. The molecule has 1 fully saturated rings. The first-order valence-corrected chi connectivity index (χ1v) is 3.87. The molecule has 1 rings (SSSR count). The van der Waals surface area contributed by atoms with Crippen molar-refractivity contribution in [3.8, 4) is 0 Å². The van der Waals surface area contributed by atoms with Crippen LogP contribution in [-0.4, -0.2) is 29.6 Å². The second-order valence-corrected chi connectivity index (χ2v) is 3.00. The Labute approximate surface area is 69.9 Å². The van der Waals surface area contributed by atoms with Gasteiger partial charge in [-0.3, -0.25) is 4.79 Å². The molecule has 0 saturated heterocycles. The van der Waals surface area contributed by atoms with Gasteiger partial charge in [0.05, 0.1) is 0 Å². The highest BCUT2D eigenvalue weighted by atomic mass is 16.4. The van der Waals surface area contributed by atoms with Crippen LogP contribution in [0.25, 0.3) is 0 Å². The lowest BCUT2D eigenvalue weighted by Gasteiger charge is -2.06. The summed E-state index contributed by atoms with van der Waals surface area (Å²) >= 11 is 0. The van der Waals surface area contributed by atoms with E-state index in [-0.39, 0.29) is 0 Å². The number of amides is 1. The number of carbonyl (C=O) groups excluding carboxylic acids is 1. The lowest BCUT2D eigenvalue weighted by Crippen LogP contribution is -2.46. The smallest absolute Gasteiger partial charge is 0.330 e. The molecule has 0 aromatic rings. The molecular formula is C7H12N2O3. The van der Waals surface area contributed by atoms with Crippen molar-refractivity contribution in [2.75, 3.05) is 6.54 Å². The quantitative estimate of drug-likeness (QED) is 0.470. The van der Waals surface area contributed by atoms with Crippen molar-refractivity contribution in [1.29, 1.82) is 0 Å². The van der Waals surface area contributed by atoms with Gasteiger partial charge < -0.3 is 16.2 Å². The standard InChI is InChI=1S/C7H12N2O3/c8-5(7(11)12)6(10)9-3-4-1-2-4/h4-5H,1-3,8H2,(H,9,10)(H,11,12)/t5-/m1/s1. The Morgan fingerprint density at radius 2 is 2.17 bits per heavy atom. The molecule has 4 N–H and O–H groups in total. The third-order valence-electron chi connectivity index (χ3n) is 1.81. The summed E-state index contributed by atoms with van der Waals surface area (Å²) in [6, 6.07) is -1.43. The number of hydrogen-bond acceptors (Lipinski definition) is 3. The lowest BCUT2D eigenvalue weighted by molar-refractivity contribution is -0.142. The summed E-state index contributed by atoms with van der Waals surface area (Å²) in [5.74, 6) is -1.35. The zero-order chi connectivity index (χ0) is 9.14. The SMILES string of the molecule is N[C@@H](C(=O)O)C(=O)NCC1CC1. The Morgan fingerprint density at radius 3 is 2.58 bits per heavy atom. The Hall–Kier alpha value is -1.10. The van der Waals surface area contributed by atoms with E-state index < -0.39 is 17.9 Å². The summed E-state index contributed by atoms with van der Waals surface area (Å²) in [5.41, 5.74) is 5.06. The molecule has 5 nitrogen and oxygen atoms in total. The third kappa shape index (κ3) is 2.50. The van der Waals surface area contributed by atoms with Gasteiger partial charge in [0, 0.05) is 6.54 Å². The van der Waals surface area contributed by atoms with Crippen LogP contribution >= 0.6 is 0 Å². The summed E-state index contributed by atoms with van der Waals surface area (Å²) in [6.07, 6.45) is 2.23. The summed E-state index contributed by atoms with van der Waals surface area (Å²) in [5, 5.41) is 10.8. The molecule has 0 aromatic carbocycles. The number of hydrogen-bond donors (Lipinski definition) is 3. The minimum Gasteiger partial charge on any atom is -0.480 e. The predicted octanol–water partition coefficient (Wildman–Crippen LogP) is -1.08. The van der Waals surface area contributed by atoms with Gasteiger partial charge >= 0.3 is 5.97 Å². The Morgan fingerprint density at radius 1 is 1.58 bits per heavy atom.